The number of carboxylic acids is 1. The molecule has 4 N–H and O–H groups in total. The zero-order valence-corrected chi connectivity index (χ0v) is 16.0. The SMILES string of the molecule is [B]CCCCC(N)(C(=O)O)C1CC(NCCCc2ccc(C(F)(F)F)cc2)C1. The Morgan fingerprint density at radius 1 is 1.18 bits per heavy atom. The highest BCUT2D eigenvalue weighted by atomic mass is 19.4. The first-order valence-corrected chi connectivity index (χ1v) is 9.78. The molecule has 28 heavy (non-hydrogen) atoms. The highest BCUT2D eigenvalue weighted by Crippen LogP contribution is 2.38. The average Bonchev–Trinajstić information content (AvgIpc) is 2.59. The lowest BCUT2D eigenvalue weighted by atomic mass is 9.66. The van der Waals surface area contributed by atoms with Gasteiger partial charge in [0.25, 0.3) is 0 Å². The second-order valence-corrected chi connectivity index (χ2v) is 7.71. The van der Waals surface area contributed by atoms with Crippen molar-refractivity contribution in [1.82, 2.24) is 5.32 Å². The van der Waals surface area contributed by atoms with Crippen LogP contribution in [0, 0.1) is 5.92 Å². The molecule has 1 fully saturated rings. The summed E-state index contributed by atoms with van der Waals surface area (Å²) < 4.78 is 37.7. The van der Waals surface area contributed by atoms with Crippen LogP contribution in [-0.4, -0.2) is 37.0 Å². The van der Waals surface area contributed by atoms with Gasteiger partial charge in [-0.05, 0) is 62.3 Å². The Bertz CT molecular complexity index is 633. The lowest BCUT2D eigenvalue weighted by Gasteiger charge is -2.45. The van der Waals surface area contributed by atoms with Gasteiger partial charge in [-0.1, -0.05) is 31.3 Å². The fraction of sp³-hybridized carbons (Fsp3) is 0.650. The molecule has 154 valence electrons. The molecule has 2 rings (SSSR count). The summed E-state index contributed by atoms with van der Waals surface area (Å²) in [6.07, 6.45) is 1.09. The van der Waals surface area contributed by atoms with Crippen molar-refractivity contribution in [3.63, 3.8) is 0 Å². The first-order valence-electron chi connectivity index (χ1n) is 9.78. The number of rotatable bonds is 11. The molecule has 1 unspecified atom stereocenters. The Labute approximate surface area is 165 Å². The van der Waals surface area contributed by atoms with Gasteiger partial charge in [0.2, 0.25) is 0 Å². The molecule has 1 aromatic rings. The van der Waals surface area contributed by atoms with Crippen molar-refractivity contribution in [2.45, 2.75) is 69.0 Å². The fourth-order valence-electron chi connectivity index (χ4n) is 3.71. The van der Waals surface area contributed by atoms with E-state index in [0.29, 0.717) is 25.6 Å². The Morgan fingerprint density at radius 2 is 1.82 bits per heavy atom. The number of unbranched alkanes of at least 4 members (excludes halogenated alkanes) is 1. The van der Waals surface area contributed by atoms with Crippen molar-refractivity contribution < 1.29 is 23.1 Å². The molecule has 1 aromatic carbocycles. The largest absolute Gasteiger partial charge is 0.480 e. The number of aliphatic carboxylic acids is 1. The first kappa shape index (κ1) is 22.8. The van der Waals surface area contributed by atoms with E-state index in [0.717, 1.165) is 49.9 Å². The van der Waals surface area contributed by atoms with Crippen LogP contribution >= 0.6 is 0 Å². The molecule has 0 saturated heterocycles. The molecule has 0 heterocycles. The second-order valence-electron chi connectivity index (χ2n) is 7.71. The minimum absolute atomic E-state index is 0.0461. The predicted molar refractivity (Wildman–Crippen MR) is 103 cm³/mol. The van der Waals surface area contributed by atoms with Crippen LogP contribution in [0.25, 0.3) is 0 Å². The Hall–Kier alpha value is -1.54. The summed E-state index contributed by atoms with van der Waals surface area (Å²) in [6.45, 7) is 0.732. The highest BCUT2D eigenvalue weighted by Gasteiger charge is 2.47. The maximum absolute atomic E-state index is 12.6. The van der Waals surface area contributed by atoms with Gasteiger partial charge in [-0.2, -0.15) is 13.2 Å². The zero-order chi connectivity index (χ0) is 20.8. The van der Waals surface area contributed by atoms with Crippen molar-refractivity contribution >= 4 is 13.8 Å². The van der Waals surface area contributed by atoms with Gasteiger partial charge in [0.1, 0.15) is 5.54 Å². The molecule has 1 aliphatic rings. The van der Waals surface area contributed by atoms with Gasteiger partial charge in [0.05, 0.1) is 13.4 Å². The summed E-state index contributed by atoms with van der Waals surface area (Å²) >= 11 is 0. The van der Waals surface area contributed by atoms with Crippen LogP contribution in [0.5, 0.6) is 0 Å². The van der Waals surface area contributed by atoms with Crippen molar-refractivity contribution in [1.29, 1.82) is 0 Å². The normalized spacial score (nSPS) is 21.7. The van der Waals surface area contributed by atoms with Crippen LogP contribution < -0.4 is 11.1 Å². The molecular weight excluding hydrogens is 368 g/mol. The van der Waals surface area contributed by atoms with E-state index in [9.17, 15) is 23.1 Å². The van der Waals surface area contributed by atoms with Crippen LogP contribution in [0.3, 0.4) is 0 Å². The number of benzene rings is 1. The third-order valence-corrected chi connectivity index (χ3v) is 5.67. The van der Waals surface area contributed by atoms with E-state index in [2.05, 4.69) is 5.32 Å². The van der Waals surface area contributed by atoms with E-state index < -0.39 is 23.2 Å². The molecule has 2 radical (unpaired) electrons. The molecule has 0 aliphatic heterocycles. The van der Waals surface area contributed by atoms with E-state index in [1.54, 1.807) is 0 Å². The molecule has 8 heteroatoms. The summed E-state index contributed by atoms with van der Waals surface area (Å²) in [5.41, 5.74) is 5.22. The third kappa shape index (κ3) is 5.98. The first-order chi connectivity index (χ1) is 13.2. The van der Waals surface area contributed by atoms with Gasteiger partial charge in [-0.25, -0.2) is 0 Å². The number of alkyl halides is 3. The number of hydrogen-bond acceptors (Lipinski definition) is 3. The Morgan fingerprint density at radius 3 is 2.36 bits per heavy atom. The highest BCUT2D eigenvalue weighted by molar-refractivity contribution is 6.08. The quantitative estimate of drug-likeness (QED) is 0.395. The fourth-order valence-corrected chi connectivity index (χ4v) is 3.71. The zero-order valence-electron chi connectivity index (χ0n) is 16.0. The van der Waals surface area contributed by atoms with Gasteiger partial charge in [0, 0.05) is 6.04 Å². The van der Waals surface area contributed by atoms with E-state index in [4.69, 9.17) is 13.6 Å². The van der Waals surface area contributed by atoms with E-state index in [1.807, 2.05) is 0 Å². The molecule has 0 aromatic heterocycles. The van der Waals surface area contributed by atoms with Crippen LogP contribution in [0.4, 0.5) is 13.2 Å². The second kappa shape index (κ2) is 9.79. The van der Waals surface area contributed by atoms with Crippen LogP contribution in [-0.2, 0) is 17.4 Å². The van der Waals surface area contributed by atoms with Crippen molar-refractivity contribution in [3.05, 3.63) is 35.4 Å². The minimum Gasteiger partial charge on any atom is -0.480 e. The van der Waals surface area contributed by atoms with E-state index in [-0.39, 0.29) is 12.0 Å². The lowest BCUT2D eigenvalue weighted by Crippen LogP contribution is -2.61. The minimum atomic E-state index is -4.31. The van der Waals surface area contributed by atoms with E-state index in [1.165, 1.54) is 12.1 Å². The molecule has 0 bridgehead atoms. The lowest BCUT2D eigenvalue weighted by molar-refractivity contribution is -0.148. The number of carbonyl (C=O) groups is 1. The number of aryl methyl sites for hydroxylation is 1. The number of nitrogens with two attached hydrogens (primary N) is 1. The van der Waals surface area contributed by atoms with Gasteiger partial charge >= 0.3 is 12.1 Å². The number of halogens is 3. The predicted octanol–water partition coefficient (Wildman–Crippen LogP) is 3.55. The molecule has 1 atom stereocenters. The summed E-state index contributed by atoms with van der Waals surface area (Å²) in [7, 11) is 5.47. The average molecular weight is 396 g/mol. The molecule has 0 amide bonds. The van der Waals surface area contributed by atoms with E-state index >= 15 is 0 Å². The number of hydrogen-bond donors (Lipinski definition) is 3. The number of carboxylic acid groups (broad SMARTS) is 1. The molecule has 1 aliphatic carbocycles. The monoisotopic (exact) mass is 396 g/mol. The van der Waals surface area contributed by atoms with Gasteiger partial charge < -0.3 is 16.2 Å². The summed E-state index contributed by atoms with van der Waals surface area (Å²) in [5, 5.41) is 12.9. The van der Waals surface area contributed by atoms with Gasteiger partial charge in [0.15, 0.2) is 0 Å². The van der Waals surface area contributed by atoms with Gasteiger partial charge in [-0.3, -0.25) is 4.79 Å². The van der Waals surface area contributed by atoms with Crippen molar-refractivity contribution in [3.8, 4) is 0 Å². The maximum Gasteiger partial charge on any atom is 0.416 e. The molecule has 0 spiro atoms. The van der Waals surface area contributed by atoms with Crippen molar-refractivity contribution in [2.24, 2.45) is 11.7 Å². The maximum atomic E-state index is 12.6. The summed E-state index contributed by atoms with van der Waals surface area (Å²) in [4.78, 5) is 11.6. The third-order valence-electron chi connectivity index (χ3n) is 5.67. The van der Waals surface area contributed by atoms with Crippen molar-refractivity contribution in [2.75, 3.05) is 6.54 Å². The topological polar surface area (TPSA) is 75.4 Å². The summed E-state index contributed by atoms with van der Waals surface area (Å²) in [6, 6.07) is 5.49. The summed E-state index contributed by atoms with van der Waals surface area (Å²) in [5.74, 6) is -0.995. The Balaban J connectivity index is 1.68. The molecule has 4 nitrogen and oxygen atoms in total. The van der Waals surface area contributed by atoms with Crippen LogP contribution in [0.2, 0.25) is 6.32 Å². The molecular formula is C20H28BF3N2O2. The standard InChI is InChI=1S/C20H28BF3N2O2/c21-10-2-1-9-19(25,18(27)28)16-12-17(13-16)26-11-3-4-14-5-7-15(8-6-14)20(22,23)24/h5-8,16-17,26H,1-4,9-13,25H2,(H,27,28). The van der Waals surface area contributed by atoms with Crippen LogP contribution in [0.1, 0.15) is 49.7 Å². The van der Waals surface area contributed by atoms with Crippen LogP contribution in [0.15, 0.2) is 24.3 Å². The van der Waals surface area contributed by atoms with Gasteiger partial charge in [-0.15, -0.1) is 0 Å². The smallest absolute Gasteiger partial charge is 0.416 e. The Kier molecular flexibility index (Phi) is 7.95. The molecule has 1 saturated carbocycles. The number of nitrogens with one attached hydrogen (secondary N) is 1.